The highest BCUT2D eigenvalue weighted by atomic mass is 16.3. The van der Waals surface area contributed by atoms with Crippen LogP contribution < -0.4 is 5.32 Å². The molecule has 1 atom stereocenters. The van der Waals surface area contributed by atoms with Gasteiger partial charge in [0.15, 0.2) is 0 Å². The lowest BCUT2D eigenvalue weighted by Crippen LogP contribution is -2.23. The van der Waals surface area contributed by atoms with Crippen LogP contribution in [0.3, 0.4) is 0 Å². The molecule has 0 aliphatic carbocycles. The molecule has 0 fully saturated rings. The van der Waals surface area contributed by atoms with Crippen molar-refractivity contribution in [3.05, 3.63) is 36.8 Å². The van der Waals surface area contributed by atoms with E-state index >= 15 is 0 Å². The van der Waals surface area contributed by atoms with Gasteiger partial charge in [0.05, 0.1) is 19.1 Å². The molecule has 0 spiro atoms. The average molecular weight is 206 g/mol. The Balaban J connectivity index is 1.74. The van der Waals surface area contributed by atoms with Gasteiger partial charge in [-0.3, -0.25) is 4.68 Å². The molecule has 2 aromatic rings. The topological polar surface area (TPSA) is 55.9 Å². The number of hydrogen-bond donors (Lipinski definition) is 1. The van der Waals surface area contributed by atoms with Crippen molar-refractivity contribution in [1.82, 2.24) is 20.1 Å². The number of aromatic nitrogens is 3. The number of furan rings is 1. The fourth-order valence-electron chi connectivity index (χ4n) is 1.38. The molecule has 5 heteroatoms. The Morgan fingerprint density at radius 3 is 3.20 bits per heavy atom. The summed E-state index contributed by atoms with van der Waals surface area (Å²) >= 11 is 0. The van der Waals surface area contributed by atoms with Gasteiger partial charge in [0.25, 0.3) is 0 Å². The van der Waals surface area contributed by atoms with Gasteiger partial charge in [0.1, 0.15) is 12.7 Å². The zero-order valence-corrected chi connectivity index (χ0v) is 8.63. The van der Waals surface area contributed by atoms with Gasteiger partial charge in [0, 0.05) is 18.2 Å². The molecule has 0 aliphatic rings. The predicted molar refractivity (Wildman–Crippen MR) is 55.1 cm³/mol. The van der Waals surface area contributed by atoms with Crippen molar-refractivity contribution in [2.75, 3.05) is 6.54 Å². The fourth-order valence-corrected chi connectivity index (χ4v) is 1.38. The van der Waals surface area contributed by atoms with Crippen LogP contribution in [0, 0.1) is 0 Å². The van der Waals surface area contributed by atoms with Crippen LogP contribution in [0.4, 0.5) is 0 Å². The quantitative estimate of drug-likeness (QED) is 0.799. The van der Waals surface area contributed by atoms with E-state index in [1.165, 1.54) is 0 Å². The van der Waals surface area contributed by atoms with E-state index in [1.54, 1.807) is 29.9 Å². The van der Waals surface area contributed by atoms with Crippen molar-refractivity contribution < 1.29 is 4.42 Å². The van der Waals surface area contributed by atoms with Crippen molar-refractivity contribution in [1.29, 1.82) is 0 Å². The Morgan fingerprint density at radius 2 is 2.53 bits per heavy atom. The second kappa shape index (κ2) is 4.75. The normalized spacial score (nSPS) is 12.9. The first kappa shape index (κ1) is 9.92. The summed E-state index contributed by atoms with van der Waals surface area (Å²) < 4.78 is 6.82. The maximum Gasteiger partial charge on any atom is 0.137 e. The highest BCUT2D eigenvalue weighted by Gasteiger charge is 2.04. The van der Waals surface area contributed by atoms with Crippen molar-refractivity contribution in [2.24, 2.45) is 0 Å². The van der Waals surface area contributed by atoms with Crippen molar-refractivity contribution in [3.63, 3.8) is 0 Å². The fraction of sp³-hybridized carbons (Fsp3) is 0.400. The van der Waals surface area contributed by atoms with Gasteiger partial charge in [-0.15, -0.1) is 0 Å². The molecular weight excluding hydrogens is 192 g/mol. The second-order valence-electron chi connectivity index (χ2n) is 3.39. The number of nitrogens with one attached hydrogen (secondary N) is 1. The Kier molecular flexibility index (Phi) is 3.14. The number of hydrogen-bond acceptors (Lipinski definition) is 4. The third kappa shape index (κ3) is 2.66. The van der Waals surface area contributed by atoms with Gasteiger partial charge in [-0.05, 0) is 13.0 Å². The van der Waals surface area contributed by atoms with Crippen LogP contribution in [0.2, 0.25) is 0 Å². The van der Waals surface area contributed by atoms with Crippen LogP contribution in [0.5, 0.6) is 0 Å². The molecule has 15 heavy (non-hydrogen) atoms. The molecule has 2 aromatic heterocycles. The summed E-state index contributed by atoms with van der Waals surface area (Å²) in [5.74, 6) is 0. The van der Waals surface area contributed by atoms with E-state index in [-0.39, 0.29) is 0 Å². The van der Waals surface area contributed by atoms with Gasteiger partial charge < -0.3 is 9.73 Å². The third-order valence-corrected chi connectivity index (χ3v) is 2.30. The first-order valence-corrected chi connectivity index (χ1v) is 4.94. The van der Waals surface area contributed by atoms with E-state index in [0.717, 1.165) is 18.7 Å². The van der Waals surface area contributed by atoms with Gasteiger partial charge >= 0.3 is 0 Å². The van der Waals surface area contributed by atoms with E-state index in [9.17, 15) is 0 Å². The van der Waals surface area contributed by atoms with Crippen molar-refractivity contribution >= 4 is 0 Å². The zero-order chi connectivity index (χ0) is 10.5. The summed E-state index contributed by atoms with van der Waals surface area (Å²) in [7, 11) is 0. The molecule has 0 saturated carbocycles. The molecule has 0 bridgehead atoms. The third-order valence-electron chi connectivity index (χ3n) is 2.30. The van der Waals surface area contributed by atoms with Gasteiger partial charge in [-0.25, -0.2) is 4.98 Å². The molecule has 0 amide bonds. The monoisotopic (exact) mass is 206 g/mol. The Hall–Kier alpha value is -1.62. The van der Waals surface area contributed by atoms with E-state index in [2.05, 4.69) is 22.3 Å². The Morgan fingerprint density at radius 1 is 1.60 bits per heavy atom. The predicted octanol–water partition coefficient (Wildman–Crippen LogP) is 1.22. The van der Waals surface area contributed by atoms with E-state index in [1.807, 2.05) is 6.07 Å². The van der Waals surface area contributed by atoms with Gasteiger partial charge in [-0.1, -0.05) is 0 Å². The van der Waals surface area contributed by atoms with Crippen molar-refractivity contribution in [3.8, 4) is 0 Å². The van der Waals surface area contributed by atoms with Crippen LogP contribution in [-0.2, 0) is 6.54 Å². The standard InChI is InChI=1S/C10H14N4O/c1-9(10-2-5-15-6-10)12-3-4-14-8-11-7-13-14/h2,5-9,12H,3-4H2,1H3. The first-order chi connectivity index (χ1) is 7.36. The molecule has 80 valence electrons. The zero-order valence-electron chi connectivity index (χ0n) is 8.63. The first-order valence-electron chi connectivity index (χ1n) is 4.94. The molecule has 1 N–H and O–H groups in total. The van der Waals surface area contributed by atoms with Crippen LogP contribution >= 0.6 is 0 Å². The molecule has 2 heterocycles. The lowest BCUT2D eigenvalue weighted by Gasteiger charge is -2.11. The number of rotatable bonds is 5. The molecule has 0 saturated heterocycles. The summed E-state index contributed by atoms with van der Waals surface area (Å²) in [5.41, 5.74) is 1.16. The molecule has 0 aromatic carbocycles. The minimum absolute atomic E-state index is 0.298. The highest BCUT2D eigenvalue weighted by Crippen LogP contribution is 2.11. The minimum Gasteiger partial charge on any atom is -0.472 e. The SMILES string of the molecule is CC(NCCn1cncn1)c1ccoc1. The lowest BCUT2D eigenvalue weighted by molar-refractivity contribution is 0.499. The number of nitrogens with zero attached hydrogens (tertiary/aromatic N) is 3. The van der Waals surface area contributed by atoms with Gasteiger partial charge in [-0.2, -0.15) is 5.10 Å². The summed E-state index contributed by atoms with van der Waals surface area (Å²) in [6.07, 6.45) is 6.70. The van der Waals surface area contributed by atoms with Crippen LogP contribution in [-0.4, -0.2) is 21.3 Å². The highest BCUT2D eigenvalue weighted by molar-refractivity contribution is 5.09. The summed E-state index contributed by atoms with van der Waals surface area (Å²) in [5, 5.41) is 7.40. The molecule has 1 unspecified atom stereocenters. The maximum atomic E-state index is 5.02. The second-order valence-corrected chi connectivity index (χ2v) is 3.39. The molecule has 0 aliphatic heterocycles. The maximum absolute atomic E-state index is 5.02. The van der Waals surface area contributed by atoms with Crippen molar-refractivity contribution in [2.45, 2.75) is 19.5 Å². The van der Waals surface area contributed by atoms with Crippen LogP contribution in [0.15, 0.2) is 35.7 Å². The summed E-state index contributed by atoms with van der Waals surface area (Å²) in [6, 6.07) is 2.26. The van der Waals surface area contributed by atoms with E-state index in [0.29, 0.717) is 6.04 Å². The summed E-state index contributed by atoms with van der Waals surface area (Å²) in [4.78, 5) is 3.88. The molecule has 5 nitrogen and oxygen atoms in total. The van der Waals surface area contributed by atoms with E-state index in [4.69, 9.17) is 4.42 Å². The van der Waals surface area contributed by atoms with E-state index < -0.39 is 0 Å². The Labute approximate surface area is 88.1 Å². The smallest absolute Gasteiger partial charge is 0.137 e. The lowest BCUT2D eigenvalue weighted by atomic mass is 10.2. The van der Waals surface area contributed by atoms with Crippen LogP contribution in [0.1, 0.15) is 18.5 Å². The molecule has 0 radical (unpaired) electrons. The van der Waals surface area contributed by atoms with Crippen LogP contribution in [0.25, 0.3) is 0 Å². The van der Waals surface area contributed by atoms with Gasteiger partial charge in [0.2, 0.25) is 0 Å². The molecule has 2 rings (SSSR count). The molecular formula is C10H14N4O. The summed E-state index contributed by atoms with van der Waals surface area (Å²) in [6.45, 7) is 3.78. The average Bonchev–Trinajstić information content (AvgIpc) is 2.90. The Bertz CT molecular complexity index is 368. The largest absolute Gasteiger partial charge is 0.472 e. The minimum atomic E-state index is 0.298.